The van der Waals surface area contributed by atoms with E-state index < -0.39 is 0 Å². The lowest BCUT2D eigenvalue weighted by Gasteiger charge is -2.25. The molecule has 2 aliphatic rings. The monoisotopic (exact) mass is 980 g/mol. The molecule has 2 aliphatic carbocycles. The van der Waals surface area contributed by atoms with Crippen molar-refractivity contribution in [2.45, 2.75) is 112 Å². The van der Waals surface area contributed by atoms with Crippen LogP contribution in [-0.2, 0) is 18.3 Å². The van der Waals surface area contributed by atoms with E-state index in [1.807, 2.05) is 19.9 Å². The molecule has 0 aliphatic heterocycles. The molecule has 9 aromatic rings. The predicted octanol–water partition coefficient (Wildman–Crippen LogP) is 20.3. The molecule has 7 aromatic carbocycles. The van der Waals surface area contributed by atoms with Crippen LogP contribution in [0.2, 0.25) is 0 Å². The van der Waals surface area contributed by atoms with E-state index in [1.165, 1.54) is 111 Å². The zero-order valence-corrected chi connectivity index (χ0v) is 45.7. The van der Waals surface area contributed by atoms with Gasteiger partial charge in [-0.25, -0.2) is 0 Å². The number of hydrogen-bond donors (Lipinski definition) is 0. The number of nitrogens with zero attached hydrogens (tertiary/aromatic N) is 1. The fourth-order valence-corrected chi connectivity index (χ4v) is 11.7. The average Bonchev–Trinajstić information content (AvgIpc) is 4.08. The van der Waals surface area contributed by atoms with Gasteiger partial charge in [0.15, 0.2) is 0 Å². The van der Waals surface area contributed by atoms with Gasteiger partial charge < -0.3 is 8.98 Å². The molecule has 0 radical (unpaired) electrons. The van der Waals surface area contributed by atoms with Crippen LogP contribution in [0.4, 0.5) is 0 Å². The topological polar surface area (TPSA) is 18.1 Å². The van der Waals surface area contributed by atoms with Crippen molar-refractivity contribution in [1.29, 1.82) is 0 Å². The maximum absolute atomic E-state index is 5.79. The van der Waals surface area contributed by atoms with Crippen molar-refractivity contribution in [3.8, 4) is 40.3 Å². The fraction of sp³-hybridized carbons (Fsp3) is 0.233. The van der Waals surface area contributed by atoms with E-state index in [4.69, 9.17) is 10.8 Å². The fourth-order valence-electron chi connectivity index (χ4n) is 11.7. The Kier molecular flexibility index (Phi) is 15.8. The van der Waals surface area contributed by atoms with E-state index in [-0.39, 0.29) is 5.41 Å². The van der Waals surface area contributed by atoms with Crippen molar-refractivity contribution in [3.05, 3.63) is 244 Å². The number of hydrogen-bond acceptors (Lipinski definition) is 1. The Morgan fingerprint density at radius 2 is 1.37 bits per heavy atom. The molecule has 376 valence electrons. The number of benzene rings is 7. The summed E-state index contributed by atoms with van der Waals surface area (Å²) in [6, 6.07) is 53.8. The molecule has 0 bridgehead atoms. The minimum Gasteiger partial charge on any atom is -0.460 e. The Balaban J connectivity index is 0.000000365. The number of allylic oxidation sites excluding steroid dienone is 7. The zero-order chi connectivity index (χ0) is 52.8. The number of terminal acetylenes is 1. The van der Waals surface area contributed by atoms with Crippen molar-refractivity contribution in [3.63, 3.8) is 0 Å². The van der Waals surface area contributed by atoms with Gasteiger partial charge in [-0.1, -0.05) is 179 Å². The molecule has 2 nitrogen and oxygen atoms in total. The quantitative estimate of drug-likeness (QED) is 0.0640. The maximum Gasteiger partial charge on any atom is 0.134 e. The van der Waals surface area contributed by atoms with Gasteiger partial charge in [-0.15, -0.1) is 6.42 Å². The Labute approximate surface area is 447 Å². The molecule has 2 aromatic heterocycles. The number of aryl methyl sites for hydroxylation is 6. The van der Waals surface area contributed by atoms with Crippen LogP contribution in [0.1, 0.15) is 116 Å². The largest absolute Gasteiger partial charge is 0.460 e. The lowest BCUT2D eigenvalue weighted by molar-refractivity contribution is 0.546. The highest BCUT2D eigenvalue weighted by Gasteiger charge is 2.36. The van der Waals surface area contributed by atoms with E-state index >= 15 is 0 Å². The summed E-state index contributed by atoms with van der Waals surface area (Å²) < 4.78 is 8.25. The van der Waals surface area contributed by atoms with Crippen molar-refractivity contribution in [2.24, 2.45) is 0 Å². The summed E-state index contributed by atoms with van der Waals surface area (Å²) in [5, 5.41) is 3.82. The summed E-state index contributed by atoms with van der Waals surface area (Å²) in [5.41, 5.74) is 25.6. The molecule has 75 heavy (non-hydrogen) atoms. The second-order valence-corrected chi connectivity index (χ2v) is 20.9. The first-order valence-corrected chi connectivity index (χ1v) is 27.2. The summed E-state index contributed by atoms with van der Waals surface area (Å²) >= 11 is 0. The Morgan fingerprint density at radius 1 is 0.667 bits per heavy atom. The van der Waals surface area contributed by atoms with Crippen molar-refractivity contribution < 1.29 is 4.42 Å². The zero-order valence-electron chi connectivity index (χ0n) is 45.7. The van der Waals surface area contributed by atoms with Crippen LogP contribution in [0.25, 0.3) is 72.4 Å². The molecule has 0 amide bonds. The molecule has 0 N–H and O–H groups in total. The third-order valence-electron chi connectivity index (χ3n) is 15.7. The van der Waals surface area contributed by atoms with Gasteiger partial charge in [-0.2, -0.15) is 0 Å². The molecular weight excluding hydrogens is 907 g/mol. The highest BCUT2D eigenvalue weighted by molar-refractivity contribution is 6.10. The van der Waals surface area contributed by atoms with Gasteiger partial charge in [0.25, 0.3) is 0 Å². The van der Waals surface area contributed by atoms with Crippen LogP contribution >= 0.6 is 0 Å². The Morgan fingerprint density at radius 3 is 2.16 bits per heavy atom. The number of rotatable bonds is 13. The molecule has 2 heteroatoms. The SMILES string of the molecule is C#C/C=C\C(=C)C(=C)CCC1=C(CCCCc2ccc(-n3c4ccccc4c4ccc(-c5ccc(-c6ccccc6C)c(C)c5)cc43)cc2C)c2ccccc2C1(C)C.CC.Cc1ccc2oc3c(c2c1)C=CCC3. The smallest absolute Gasteiger partial charge is 0.134 e. The van der Waals surface area contributed by atoms with Crippen LogP contribution in [0.15, 0.2) is 198 Å². The average molecular weight is 980 g/mol. The number of fused-ring (bicyclic) bond motifs is 7. The molecular formula is C73H73NO. The summed E-state index contributed by atoms with van der Waals surface area (Å²) in [7, 11) is 0. The summed E-state index contributed by atoms with van der Waals surface area (Å²) in [6.07, 6.45) is 21.9. The summed E-state index contributed by atoms with van der Waals surface area (Å²) in [4.78, 5) is 0. The third kappa shape index (κ3) is 10.6. The predicted molar refractivity (Wildman–Crippen MR) is 325 cm³/mol. The summed E-state index contributed by atoms with van der Waals surface area (Å²) in [5.74, 6) is 3.72. The van der Waals surface area contributed by atoms with Crippen molar-refractivity contribution in [2.75, 3.05) is 0 Å². The molecule has 0 spiro atoms. The van der Waals surface area contributed by atoms with E-state index in [0.29, 0.717) is 0 Å². The van der Waals surface area contributed by atoms with E-state index in [1.54, 1.807) is 6.08 Å². The number of furan rings is 1. The van der Waals surface area contributed by atoms with Crippen molar-refractivity contribution >= 4 is 44.4 Å². The second-order valence-electron chi connectivity index (χ2n) is 20.9. The molecule has 0 saturated heterocycles. The molecule has 0 saturated carbocycles. The van der Waals surface area contributed by atoms with Gasteiger partial charge in [-0.3, -0.25) is 0 Å². The van der Waals surface area contributed by atoms with Crippen LogP contribution in [0.5, 0.6) is 0 Å². The second kappa shape index (κ2) is 22.7. The first-order valence-electron chi connectivity index (χ1n) is 27.2. The number of aromatic nitrogens is 1. The van der Waals surface area contributed by atoms with Gasteiger partial charge in [-0.05, 0) is 194 Å². The lowest BCUT2D eigenvalue weighted by Crippen LogP contribution is -2.17. The minimum absolute atomic E-state index is 0.00662. The first kappa shape index (κ1) is 52.0. The van der Waals surface area contributed by atoms with Gasteiger partial charge >= 0.3 is 0 Å². The number of para-hydroxylation sites is 1. The normalized spacial score (nSPS) is 13.3. The maximum atomic E-state index is 5.79. The first-order chi connectivity index (χ1) is 36.4. The van der Waals surface area contributed by atoms with E-state index in [2.05, 4.69) is 223 Å². The molecule has 0 unspecified atom stereocenters. The molecule has 11 rings (SSSR count). The van der Waals surface area contributed by atoms with Crippen LogP contribution in [0, 0.1) is 40.0 Å². The van der Waals surface area contributed by atoms with E-state index in [0.717, 1.165) is 73.9 Å². The van der Waals surface area contributed by atoms with Gasteiger partial charge in [0, 0.05) is 39.2 Å². The highest BCUT2D eigenvalue weighted by Crippen LogP contribution is 2.50. The highest BCUT2D eigenvalue weighted by atomic mass is 16.3. The Bertz CT molecular complexity index is 3750. The molecule has 2 heterocycles. The minimum atomic E-state index is -0.00662. The van der Waals surface area contributed by atoms with Crippen molar-refractivity contribution in [1.82, 2.24) is 4.57 Å². The van der Waals surface area contributed by atoms with Crippen LogP contribution < -0.4 is 0 Å². The lowest BCUT2D eigenvalue weighted by atomic mass is 9.78. The van der Waals surface area contributed by atoms with Crippen LogP contribution in [0.3, 0.4) is 0 Å². The van der Waals surface area contributed by atoms with Gasteiger partial charge in [0.05, 0.1) is 11.0 Å². The Hall–Kier alpha value is -7.86. The standard InChI is InChI=1S/C58H55N.C13H12O.C2H6/c1-9-10-19-39(2)40(3)28-35-55-51(50-24-15-17-26-54(50)58(55,7)8)23-14-12-21-44-29-32-47(37-42(44)5)59-56-27-18-16-25-52(56)53-34-31-46(38-57(53)59)45-30-33-49(43(6)36-45)48-22-13-11-20-41(48)4;1-9-6-7-13-11(8-9)10-4-2-3-5-12(10)14-13;1-2/h1,10-11,13,15-20,22,24-27,29-34,36-38H,2-3,12,14,21,23,28,35H2,4-8H3;2,4,6-8H,3,5H2,1H3;1-2H3/b19-10-;;. The van der Waals surface area contributed by atoms with Gasteiger partial charge in [0.2, 0.25) is 0 Å². The van der Waals surface area contributed by atoms with E-state index in [9.17, 15) is 0 Å². The third-order valence-corrected chi connectivity index (χ3v) is 15.7. The van der Waals surface area contributed by atoms with Crippen LogP contribution in [-0.4, -0.2) is 4.57 Å². The summed E-state index contributed by atoms with van der Waals surface area (Å²) in [6.45, 7) is 26.2. The molecule has 0 atom stereocenters. The van der Waals surface area contributed by atoms with Gasteiger partial charge in [0.1, 0.15) is 11.3 Å². The number of unbranched alkanes of at least 4 members (excludes halogenated alkanes) is 1. The molecule has 0 fully saturated rings.